The Hall–Kier alpha value is -0.170. The zero-order valence-corrected chi connectivity index (χ0v) is 13.0. The van der Waals surface area contributed by atoms with Crippen LogP contribution < -0.4 is 0 Å². The molecule has 0 saturated carbocycles. The molecule has 0 bridgehead atoms. The fraction of sp³-hybridized carbons (Fsp3) is 1.00. The van der Waals surface area contributed by atoms with Gasteiger partial charge in [0.05, 0.1) is 11.9 Å². The summed E-state index contributed by atoms with van der Waals surface area (Å²) in [6.07, 6.45) is 6.49. The molecule has 3 aliphatic heterocycles. The van der Waals surface area contributed by atoms with Gasteiger partial charge in [0.2, 0.25) is 10.0 Å². The minimum atomic E-state index is -3.14. The highest BCUT2D eigenvalue weighted by molar-refractivity contribution is 7.89. The fourth-order valence-corrected chi connectivity index (χ4v) is 5.37. The highest BCUT2D eigenvalue weighted by Gasteiger charge is 2.36. The number of hydrogen-bond donors (Lipinski definition) is 0. The SMILES string of the molecule is O=S(=O)(C[C@@H]1CCCCO1)N1CC[C@@H](N2CCCC2)C1. The Morgan fingerprint density at radius 3 is 2.50 bits per heavy atom. The lowest BCUT2D eigenvalue weighted by molar-refractivity contribution is 0.0299. The van der Waals surface area contributed by atoms with E-state index in [0.717, 1.165) is 45.4 Å². The van der Waals surface area contributed by atoms with Gasteiger partial charge in [-0.3, -0.25) is 4.90 Å². The lowest BCUT2D eigenvalue weighted by atomic mass is 10.1. The molecule has 3 fully saturated rings. The van der Waals surface area contributed by atoms with E-state index in [0.29, 0.717) is 19.1 Å². The largest absolute Gasteiger partial charge is 0.377 e. The maximum Gasteiger partial charge on any atom is 0.216 e. The monoisotopic (exact) mass is 302 g/mol. The molecule has 0 N–H and O–H groups in total. The lowest BCUT2D eigenvalue weighted by Gasteiger charge is -2.26. The topological polar surface area (TPSA) is 49.9 Å². The van der Waals surface area contributed by atoms with Gasteiger partial charge in [-0.25, -0.2) is 12.7 Å². The van der Waals surface area contributed by atoms with Gasteiger partial charge >= 0.3 is 0 Å². The minimum absolute atomic E-state index is 0.0837. The second-order valence-corrected chi connectivity index (χ2v) is 8.32. The van der Waals surface area contributed by atoms with E-state index < -0.39 is 10.0 Å². The predicted molar refractivity (Wildman–Crippen MR) is 78.2 cm³/mol. The van der Waals surface area contributed by atoms with Crippen LogP contribution in [0, 0.1) is 0 Å². The van der Waals surface area contributed by atoms with Crippen LogP contribution in [0.25, 0.3) is 0 Å². The van der Waals surface area contributed by atoms with Gasteiger partial charge in [0.15, 0.2) is 0 Å². The van der Waals surface area contributed by atoms with Crippen molar-refractivity contribution in [3.05, 3.63) is 0 Å². The summed E-state index contributed by atoms with van der Waals surface area (Å²) in [5.41, 5.74) is 0. The molecule has 2 atom stereocenters. The Labute approximate surface area is 122 Å². The van der Waals surface area contributed by atoms with Crippen LogP contribution in [-0.4, -0.2) is 68.3 Å². The third-order valence-electron chi connectivity index (χ3n) is 4.85. The van der Waals surface area contributed by atoms with Crippen LogP contribution in [0.3, 0.4) is 0 Å². The highest BCUT2D eigenvalue weighted by Crippen LogP contribution is 2.24. The molecule has 116 valence electrons. The van der Waals surface area contributed by atoms with Gasteiger partial charge in [-0.1, -0.05) is 0 Å². The van der Waals surface area contributed by atoms with Gasteiger partial charge < -0.3 is 4.74 Å². The summed E-state index contributed by atoms with van der Waals surface area (Å²) in [7, 11) is -3.14. The van der Waals surface area contributed by atoms with Crippen LogP contribution in [0.5, 0.6) is 0 Å². The van der Waals surface area contributed by atoms with E-state index >= 15 is 0 Å². The molecule has 3 rings (SSSR count). The summed E-state index contributed by atoms with van der Waals surface area (Å²) in [4.78, 5) is 2.46. The Morgan fingerprint density at radius 1 is 1.00 bits per heavy atom. The predicted octanol–water partition coefficient (Wildman–Crippen LogP) is 1.06. The van der Waals surface area contributed by atoms with Gasteiger partial charge in [-0.2, -0.15) is 0 Å². The Morgan fingerprint density at radius 2 is 1.80 bits per heavy atom. The van der Waals surface area contributed by atoms with E-state index in [1.807, 2.05) is 0 Å². The first-order valence-corrected chi connectivity index (χ1v) is 9.59. The van der Waals surface area contributed by atoms with Crippen LogP contribution in [-0.2, 0) is 14.8 Å². The zero-order valence-electron chi connectivity index (χ0n) is 12.2. The zero-order chi connectivity index (χ0) is 14.0. The molecule has 3 heterocycles. The molecule has 0 aliphatic carbocycles. The summed E-state index contributed by atoms with van der Waals surface area (Å²) < 4.78 is 32.3. The van der Waals surface area contributed by atoms with Crippen LogP contribution >= 0.6 is 0 Å². The van der Waals surface area contributed by atoms with E-state index in [2.05, 4.69) is 4.90 Å². The van der Waals surface area contributed by atoms with Gasteiger partial charge in [-0.15, -0.1) is 0 Å². The third-order valence-corrected chi connectivity index (χ3v) is 6.76. The van der Waals surface area contributed by atoms with Crippen LogP contribution in [0.1, 0.15) is 38.5 Å². The van der Waals surface area contributed by atoms with Crippen molar-refractivity contribution in [3.63, 3.8) is 0 Å². The Balaban J connectivity index is 1.55. The van der Waals surface area contributed by atoms with E-state index in [9.17, 15) is 8.42 Å². The van der Waals surface area contributed by atoms with Crippen molar-refractivity contribution in [2.45, 2.75) is 50.7 Å². The highest BCUT2D eigenvalue weighted by atomic mass is 32.2. The van der Waals surface area contributed by atoms with Crippen molar-refractivity contribution in [2.24, 2.45) is 0 Å². The van der Waals surface area contributed by atoms with Crippen molar-refractivity contribution >= 4 is 10.0 Å². The molecule has 20 heavy (non-hydrogen) atoms. The van der Waals surface area contributed by atoms with Gasteiger partial charge in [0.25, 0.3) is 0 Å². The molecule has 3 aliphatic rings. The van der Waals surface area contributed by atoms with Crippen molar-refractivity contribution in [2.75, 3.05) is 38.5 Å². The van der Waals surface area contributed by atoms with E-state index in [1.54, 1.807) is 4.31 Å². The number of ether oxygens (including phenoxy) is 1. The summed E-state index contributed by atoms with van der Waals surface area (Å²) >= 11 is 0. The van der Waals surface area contributed by atoms with E-state index in [1.165, 1.54) is 12.8 Å². The number of likely N-dealkylation sites (tertiary alicyclic amines) is 1. The van der Waals surface area contributed by atoms with Crippen molar-refractivity contribution in [1.29, 1.82) is 0 Å². The normalized spacial score (nSPS) is 33.8. The minimum Gasteiger partial charge on any atom is -0.377 e. The Bertz CT molecular complexity index is 414. The summed E-state index contributed by atoms with van der Waals surface area (Å²) in [5.74, 6) is 0.180. The quantitative estimate of drug-likeness (QED) is 0.779. The van der Waals surface area contributed by atoms with Gasteiger partial charge in [0, 0.05) is 25.7 Å². The molecule has 6 heteroatoms. The maximum absolute atomic E-state index is 12.5. The first-order valence-electron chi connectivity index (χ1n) is 7.99. The second-order valence-electron chi connectivity index (χ2n) is 6.31. The molecule has 0 aromatic rings. The van der Waals surface area contributed by atoms with Gasteiger partial charge in [-0.05, 0) is 51.6 Å². The first kappa shape index (κ1) is 14.8. The van der Waals surface area contributed by atoms with Crippen LogP contribution in [0.4, 0.5) is 0 Å². The summed E-state index contributed by atoms with van der Waals surface area (Å²) in [6, 6.07) is 0.444. The Kier molecular flexibility index (Phi) is 4.65. The molecule has 0 aromatic carbocycles. The summed E-state index contributed by atoms with van der Waals surface area (Å²) in [5, 5.41) is 0. The smallest absolute Gasteiger partial charge is 0.216 e. The number of nitrogens with zero attached hydrogens (tertiary/aromatic N) is 2. The molecule has 0 spiro atoms. The number of hydrogen-bond acceptors (Lipinski definition) is 4. The molecule has 0 amide bonds. The average molecular weight is 302 g/mol. The van der Waals surface area contributed by atoms with Crippen LogP contribution in [0.15, 0.2) is 0 Å². The second kappa shape index (κ2) is 6.30. The standard InChI is InChI=1S/C14H26N2O3S/c17-20(18,12-14-5-1-4-10-19-14)16-9-6-13(11-16)15-7-2-3-8-15/h13-14H,1-12H2/t13-,14+/m1/s1. The maximum atomic E-state index is 12.5. The first-order chi connectivity index (χ1) is 9.65. The molecule has 5 nitrogen and oxygen atoms in total. The molecular weight excluding hydrogens is 276 g/mol. The van der Waals surface area contributed by atoms with Crippen molar-refractivity contribution in [3.8, 4) is 0 Å². The molecular formula is C14H26N2O3S. The fourth-order valence-electron chi connectivity index (χ4n) is 3.65. The number of rotatable bonds is 4. The molecule has 0 unspecified atom stereocenters. The van der Waals surface area contributed by atoms with Crippen molar-refractivity contribution < 1.29 is 13.2 Å². The van der Waals surface area contributed by atoms with Crippen LogP contribution in [0.2, 0.25) is 0 Å². The van der Waals surface area contributed by atoms with E-state index in [4.69, 9.17) is 4.74 Å². The van der Waals surface area contributed by atoms with E-state index in [-0.39, 0.29) is 11.9 Å². The van der Waals surface area contributed by atoms with Gasteiger partial charge in [0.1, 0.15) is 0 Å². The summed E-state index contributed by atoms with van der Waals surface area (Å²) in [6.45, 7) is 4.39. The lowest BCUT2D eigenvalue weighted by Crippen LogP contribution is -2.40. The van der Waals surface area contributed by atoms with Crippen molar-refractivity contribution in [1.82, 2.24) is 9.21 Å². The molecule has 3 saturated heterocycles. The molecule has 0 radical (unpaired) electrons. The average Bonchev–Trinajstić information content (AvgIpc) is 3.11. The third kappa shape index (κ3) is 3.35. The number of sulfonamides is 1. The molecule has 0 aromatic heterocycles.